The molecule has 2 aromatic carbocycles. The molecule has 0 bridgehead atoms. The second-order valence-corrected chi connectivity index (χ2v) is 5.04. The number of anilines is 1. The molecule has 1 amide bonds. The number of rotatable bonds is 4. The average molecular weight is 350 g/mol. The zero-order valence-electron chi connectivity index (χ0n) is 11.1. The van der Waals surface area contributed by atoms with Gasteiger partial charge in [-0.25, -0.2) is 4.79 Å². The van der Waals surface area contributed by atoms with Gasteiger partial charge in [0.05, 0.1) is 18.2 Å². The van der Waals surface area contributed by atoms with E-state index >= 15 is 0 Å². The number of aromatic carboxylic acids is 1. The lowest BCUT2D eigenvalue weighted by molar-refractivity contribution is 0.0696. The molecular formula is C15H12BrNO4. The highest BCUT2D eigenvalue weighted by Gasteiger charge is 2.12. The summed E-state index contributed by atoms with van der Waals surface area (Å²) >= 11 is 3.30. The van der Waals surface area contributed by atoms with E-state index in [1.165, 1.54) is 19.2 Å². The van der Waals surface area contributed by atoms with Gasteiger partial charge in [0.25, 0.3) is 5.91 Å². The zero-order chi connectivity index (χ0) is 15.4. The molecule has 0 aliphatic carbocycles. The van der Waals surface area contributed by atoms with Gasteiger partial charge in [-0.2, -0.15) is 0 Å². The molecule has 2 N–H and O–H groups in total. The molecule has 0 fully saturated rings. The normalized spacial score (nSPS) is 10.0. The molecule has 2 rings (SSSR count). The van der Waals surface area contributed by atoms with Crippen molar-refractivity contribution in [3.05, 3.63) is 58.1 Å². The Labute approximate surface area is 129 Å². The fourth-order valence-corrected chi connectivity index (χ4v) is 2.16. The van der Waals surface area contributed by atoms with Crippen molar-refractivity contribution in [3.8, 4) is 5.75 Å². The minimum absolute atomic E-state index is 0.109. The Morgan fingerprint density at radius 1 is 1.19 bits per heavy atom. The third-order valence-electron chi connectivity index (χ3n) is 2.79. The van der Waals surface area contributed by atoms with Crippen molar-refractivity contribution >= 4 is 33.5 Å². The topological polar surface area (TPSA) is 75.6 Å². The highest BCUT2D eigenvalue weighted by molar-refractivity contribution is 9.10. The van der Waals surface area contributed by atoms with Crippen LogP contribution in [0.4, 0.5) is 5.69 Å². The van der Waals surface area contributed by atoms with E-state index < -0.39 is 5.97 Å². The van der Waals surface area contributed by atoms with Crippen LogP contribution in [0, 0.1) is 0 Å². The van der Waals surface area contributed by atoms with E-state index in [-0.39, 0.29) is 11.5 Å². The first-order valence-electron chi connectivity index (χ1n) is 5.99. The Hall–Kier alpha value is -2.34. The number of hydrogen-bond donors (Lipinski definition) is 2. The largest absolute Gasteiger partial charge is 0.497 e. The van der Waals surface area contributed by atoms with Crippen LogP contribution >= 0.6 is 15.9 Å². The molecule has 0 atom stereocenters. The Bertz CT molecular complexity index is 700. The second kappa shape index (κ2) is 6.41. The number of carbonyl (C=O) groups is 2. The number of carboxylic acids is 1. The lowest BCUT2D eigenvalue weighted by Gasteiger charge is -2.09. The van der Waals surface area contributed by atoms with Crippen LogP contribution in [0.5, 0.6) is 5.75 Å². The maximum absolute atomic E-state index is 12.2. The SMILES string of the molecule is COc1ccc(Br)c(C(=O)Nc2cccc(C(=O)O)c2)c1. The maximum Gasteiger partial charge on any atom is 0.335 e. The zero-order valence-corrected chi connectivity index (χ0v) is 12.7. The fraction of sp³-hybridized carbons (Fsp3) is 0.0667. The van der Waals surface area contributed by atoms with Gasteiger partial charge in [-0.3, -0.25) is 4.79 Å². The van der Waals surface area contributed by atoms with Crippen molar-refractivity contribution in [1.29, 1.82) is 0 Å². The van der Waals surface area contributed by atoms with E-state index in [4.69, 9.17) is 9.84 Å². The highest BCUT2D eigenvalue weighted by Crippen LogP contribution is 2.23. The van der Waals surface area contributed by atoms with Gasteiger partial charge in [-0.15, -0.1) is 0 Å². The van der Waals surface area contributed by atoms with Crippen LogP contribution in [0.25, 0.3) is 0 Å². The van der Waals surface area contributed by atoms with E-state index in [0.29, 0.717) is 21.5 Å². The van der Waals surface area contributed by atoms with Crippen molar-refractivity contribution in [1.82, 2.24) is 0 Å². The van der Waals surface area contributed by atoms with E-state index in [1.54, 1.807) is 30.3 Å². The summed E-state index contributed by atoms with van der Waals surface area (Å²) in [6, 6.07) is 11.1. The number of carbonyl (C=O) groups excluding carboxylic acids is 1. The molecule has 0 radical (unpaired) electrons. The van der Waals surface area contributed by atoms with Crippen LogP contribution in [-0.4, -0.2) is 24.1 Å². The van der Waals surface area contributed by atoms with E-state index in [9.17, 15) is 9.59 Å². The third kappa shape index (κ3) is 3.61. The summed E-state index contributed by atoms with van der Waals surface area (Å²) in [5.74, 6) is -0.848. The summed E-state index contributed by atoms with van der Waals surface area (Å²) in [5, 5.41) is 11.6. The number of hydrogen-bond acceptors (Lipinski definition) is 3. The van der Waals surface area contributed by atoms with Crippen molar-refractivity contribution < 1.29 is 19.4 Å². The summed E-state index contributed by atoms with van der Waals surface area (Å²) < 4.78 is 5.70. The number of methoxy groups -OCH3 is 1. The maximum atomic E-state index is 12.2. The monoisotopic (exact) mass is 349 g/mol. The van der Waals surface area contributed by atoms with Crippen LogP contribution in [0.1, 0.15) is 20.7 Å². The first-order valence-corrected chi connectivity index (χ1v) is 6.79. The Morgan fingerprint density at radius 3 is 2.62 bits per heavy atom. The summed E-state index contributed by atoms with van der Waals surface area (Å²) in [6.07, 6.45) is 0. The number of carboxylic acid groups (broad SMARTS) is 1. The van der Waals surface area contributed by atoms with E-state index in [2.05, 4.69) is 21.2 Å². The quantitative estimate of drug-likeness (QED) is 0.886. The summed E-state index contributed by atoms with van der Waals surface area (Å²) in [4.78, 5) is 23.1. The predicted octanol–water partition coefficient (Wildman–Crippen LogP) is 3.41. The lowest BCUT2D eigenvalue weighted by Crippen LogP contribution is -2.13. The molecule has 0 unspecified atom stereocenters. The molecule has 5 nitrogen and oxygen atoms in total. The van der Waals surface area contributed by atoms with Crippen molar-refractivity contribution in [2.24, 2.45) is 0 Å². The molecule has 0 saturated carbocycles. The standard InChI is InChI=1S/C15H12BrNO4/c1-21-11-5-6-13(16)12(8-11)14(18)17-10-4-2-3-9(7-10)15(19)20/h2-8H,1H3,(H,17,18)(H,19,20). The van der Waals surface area contributed by atoms with Gasteiger partial charge in [0.1, 0.15) is 5.75 Å². The fourth-order valence-electron chi connectivity index (χ4n) is 1.73. The molecule has 6 heteroatoms. The van der Waals surface area contributed by atoms with Gasteiger partial charge < -0.3 is 15.2 Å². The van der Waals surface area contributed by atoms with Crippen LogP contribution in [0.3, 0.4) is 0 Å². The number of benzene rings is 2. The van der Waals surface area contributed by atoms with Crippen molar-refractivity contribution in [3.63, 3.8) is 0 Å². The van der Waals surface area contributed by atoms with Crippen LogP contribution in [0.2, 0.25) is 0 Å². The minimum Gasteiger partial charge on any atom is -0.497 e. The summed E-state index contributed by atoms with van der Waals surface area (Å²) in [5.41, 5.74) is 0.919. The highest BCUT2D eigenvalue weighted by atomic mass is 79.9. The summed E-state index contributed by atoms with van der Waals surface area (Å²) in [6.45, 7) is 0. The molecule has 0 saturated heterocycles. The lowest BCUT2D eigenvalue weighted by atomic mass is 10.1. The number of halogens is 1. The van der Waals surface area contributed by atoms with Gasteiger partial charge in [0.15, 0.2) is 0 Å². The molecule has 108 valence electrons. The van der Waals surface area contributed by atoms with E-state index in [0.717, 1.165) is 0 Å². The first-order chi connectivity index (χ1) is 10.0. The molecular weight excluding hydrogens is 338 g/mol. The van der Waals surface area contributed by atoms with Gasteiger partial charge in [-0.05, 0) is 52.3 Å². The first kappa shape index (κ1) is 15.1. The number of nitrogens with one attached hydrogen (secondary N) is 1. The Kier molecular flexibility index (Phi) is 4.59. The molecule has 21 heavy (non-hydrogen) atoms. The molecule has 2 aromatic rings. The average Bonchev–Trinajstić information content (AvgIpc) is 2.48. The van der Waals surface area contributed by atoms with Crippen molar-refractivity contribution in [2.45, 2.75) is 0 Å². The number of amides is 1. The van der Waals surface area contributed by atoms with Crippen molar-refractivity contribution in [2.75, 3.05) is 12.4 Å². The van der Waals surface area contributed by atoms with Gasteiger partial charge in [0, 0.05) is 10.2 Å². The smallest absolute Gasteiger partial charge is 0.335 e. The molecule has 0 spiro atoms. The second-order valence-electron chi connectivity index (χ2n) is 4.19. The van der Waals surface area contributed by atoms with Crippen LogP contribution in [-0.2, 0) is 0 Å². The molecule has 0 aromatic heterocycles. The van der Waals surface area contributed by atoms with Crippen LogP contribution < -0.4 is 10.1 Å². The van der Waals surface area contributed by atoms with Gasteiger partial charge in [0.2, 0.25) is 0 Å². The number of ether oxygens (including phenoxy) is 1. The minimum atomic E-state index is -1.05. The van der Waals surface area contributed by atoms with Gasteiger partial charge >= 0.3 is 5.97 Å². The molecule has 0 aliphatic rings. The molecule has 0 heterocycles. The molecule has 0 aliphatic heterocycles. The third-order valence-corrected chi connectivity index (χ3v) is 3.48. The predicted molar refractivity (Wildman–Crippen MR) is 82.0 cm³/mol. The van der Waals surface area contributed by atoms with E-state index in [1.807, 2.05) is 0 Å². The van der Waals surface area contributed by atoms with Gasteiger partial charge in [-0.1, -0.05) is 6.07 Å². The Balaban J connectivity index is 2.25. The summed E-state index contributed by atoms with van der Waals surface area (Å²) in [7, 11) is 1.52. The Morgan fingerprint density at radius 2 is 1.95 bits per heavy atom. The van der Waals surface area contributed by atoms with Crippen LogP contribution in [0.15, 0.2) is 46.9 Å².